The fraction of sp³-hybridized carbons (Fsp3) is 0.467. The van der Waals surface area contributed by atoms with E-state index in [1.54, 1.807) is 19.5 Å². The van der Waals surface area contributed by atoms with Gasteiger partial charge in [-0.05, 0) is 25.5 Å². The molecule has 0 fully saturated rings. The summed E-state index contributed by atoms with van der Waals surface area (Å²) in [5.74, 6) is 1.58. The van der Waals surface area contributed by atoms with Crippen molar-refractivity contribution in [2.75, 3.05) is 13.7 Å². The standard InChI is InChI=1S/C15H19N5O2/c1-10-6-12(8-16-7-10)15(21)19-4-5-20-13(9-22-3)17-18-14(20)11(19)2/h6-8,11H,4-5,9H2,1-3H3. The van der Waals surface area contributed by atoms with E-state index in [4.69, 9.17) is 4.74 Å². The molecule has 0 spiro atoms. The van der Waals surface area contributed by atoms with Gasteiger partial charge >= 0.3 is 0 Å². The van der Waals surface area contributed by atoms with E-state index in [1.165, 1.54) is 0 Å². The zero-order valence-electron chi connectivity index (χ0n) is 13.0. The molecule has 1 atom stereocenters. The van der Waals surface area contributed by atoms with Crippen molar-refractivity contribution < 1.29 is 9.53 Å². The molecule has 0 saturated heterocycles. The Morgan fingerprint density at radius 2 is 2.18 bits per heavy atom. The van der Waals surface area contributed by atoms with Crippen molar-refractivity contribution in [1.82, 2.24) is 24.6 Å². The van der Waals surface area contributed by atoms with Crippen LogP contribution in [0.1, 0.15) is 40.5 Å². The molecule has 0 bridgehead atoms. The van der Waals surface area contributed by atoms with E-state index in [-0.39, 0.29) is 11.9 Å². The lowest BCUT2D eigenvalue weighted by atomic mass is 10.1. The summed E-state index contributed by atoms with van der Waals surface area (Å²) in [6.45, 7) is 5.62. The van der Waals surface area contributed by atoms with Gasteiger partial charge in [-0.3, -0.25) is 9.78 Å². The number of aryl methyl sites for hydroxylation is 1. The molecule has 0 N–H and O–H groups in total. The number of hydrogen-bond donors (Lipinski definition) is 0. The molecule has 7 heteroatoms. The van der Waals surface area contributed by atoms with E-state index in [0.29, 0.717) is 25.3 Å². The van der Waals surface area contributed by atoms with Crippen molar-refractivity contribution in [1.29, 1.82) is 0 Å². The highest BCUT2D eigenvalue weighted by molar-refractivity contribution is 5.94. The van der Waals surface area contributed by atoms with Gasteiger partial charge in [0.25, 0.3) is 5.91 Å². The second-order valence-electron chi connectivity index (χ2n) is 5.48. The second-order valence-corrected chi connectivity index (χ2v) is 5.48. The van der Waals surface area contributed by atoms with Crippen LogP contribution in [0, 0.1) is 6.92 Å². The van der Waals surface area contributed by atoms with Crippen molar-refractivity contribution >= 4 is 5.91 Å². The summed E-state index contributed by atoms with van der Waals surface area (Å²) in [5.41, 5.74) is 1.58. The number of fused-ring (bicyclic) bond motifs is 1. The summed E-state index contributed by atoms with van der Waals surface area (Å²) in [5, 5.41) is 8.38. The molecule has 3 heterocycles. The summed E-state index contributed by atoms with van der Waals surface area (Å²) >= 11 is 0. The average Bonchev–Trinajstić information content (AvgIpc) is 2.92. The number of carbonyl (C=O) groups excluding carboxylic acids is 1. The maximum Gasteiger partial charge on any atom is 0.256 e. The van der Waals surface area contributed by atoms with Crippen molar-refractivity contribution in [3.8, 4) is 0 Å². The van der Waals surface area contributed by atoms with Gasteiger partial charge in [-0.25, -0.2) is 0 Å². The molecular weight excluding hydrogens is 282 g/mol. The summed E-state index contributed by atoms with van der Waals surface area (Å²) in [6.07, 6.45) is 3.35. The molecule has 1 aliphatic heterocycles. The van der Waals surface area contributed by atoms with Gasteiger partial charge in [0.15, 0.2) is 11.6 Å². The van der Waals surface area contributed by atoms with Gasteiger partial charge in [-0.1, -0.05) is 0 Å². The van der Waals surface area contributed by atoms with Crippen LogP contribution in [0.4, 0.5) is 0 Å². The van der Waals surface area contributed by atoms with Gasteiger partial charge in [-0.2, -0.15) is 0 Å². The van der Waals surface area contributed by atoms with Gasteiger partial charge in [0.1, 0.15) is 6.61 Å². The number of rotatable bonds is 3. The van der Waals surface area contributed by atoms with Crippen LogP contribution < -0.4 is 0 Å². The molecule has 0 radical (unpaired) electrons. The van der Waals surface area contributed by atoms with Gasteiger partial charge in [0.2, 0.25) is 0 Å². The molecule has 116 valence electrons. The predicted octanol–water partition coefficient (Wildman–Crippen LogP) is 1.34. The number of aromatic nitrogens is 4. The van der Waals surface area contributed by atoms with Crippen LogP contribution in [-0.4, -0.2) is 44.2 Å². The van der Waals surface area contributed by atoms with E-state index in [2.05, 4.69) is 15.2 Å². The highest BCUT2D eigenvalue weighted by Gasteiger charge is 2.31. The van der Waals surface area contributed by atoms with Crippen LogP contribution in [0.25, 0.3) is 0 Å². The highest BCUT2D eigenvalue weighted by atomic mass is 16.5. The largest absolute Gasteiger partial charge is 0.377 e. The number of carbonyl (C=O) groups is 1. The lowest BCUT2D eigenvalue weighted by Gasteiger charge is -2.33. The number of amides is 1. The summed E-state index contributed by atoms with van der Waals surface area (Å²) in [6, 6.07) is 1.73. The summed E-state index contributed by atoms with van der Waals surface area (Å²) in [4.78, 5) is 18.6. The Hall–Kier alpha value is -2.28. The fourth-order valence-electron chi connectivity index (χ4n) is 2.79. The lowest BCUT2D eigenvalue weighted by Crippen LogP contribution is -2.41. The Labute approximate surface area is 128 Å². The maximum absolute atomic E-state index is 12.7. The Balaban J connectivity index is 1.86. The Bertz CT molecular complexity index is 697. The van der Waals surface area contributed by atoms with Gasteiger partial charge in [0, 0.05) is 32.6 Å². The Kier molecular flexibility index (Phi) is 3.89. The van der Waals surface area contributed by atoms with Gasteiger partial charge < -0.3 is 14.2 Å². The summed E-state index contributed by atoms with van der Waals surface area (Å²) in [7, 11) is 1.63. The lowest BCUT2D eigenvalue weighted by molar-refractivity contribution is 0.0632. The van der Waals surface area contributed by atoms with Crippen LogP contribution in [0.3, 0.4) is 0 Å². The molecule has 1 unspecified atom stereocenters. The van der Waals surface area contributed by atoms with Crippen molar-refractivity contribution in [2.45, 2.75) is 33.0 Å². The smallest absolute Gasteiger partial charge is 0.256 e. The molecule has 1 amide bonds. The first-order chi connectivity index (χ1) is 10.6. The topological polar surface area (TPSA) is 73.1 Å². The molecule has 1 aliphatic rings. The van der Waals surface area contributed by atoms with Crippen LogP contribution in [0.2, 0.25) is 0 Å². The molecule has 3 rings (SSSR count). The minimum Gasteiger partial charge on any atom is -0.377 e. The fourth-order valence-corrected chi connectivity index (χ4v) is 2.79. The van der Waals surface area contributed by atoms with Gasteiger partial charge in [0.05, 0.1) is 11.6 Å². The molecule has 2 aromatic heterocycles. The highest BCUT2D eigenvalue weighted by Crippen LogP contribution is 2.26. The molecule has 22 heavy (non-hydrogen) atoms. The minimum atomic E-state index is -0.125. The second kappa shape index (κ2) is 5.84. The van der Waals surface area contributed by atoms with Crippen LogP contribution in [-0.2, 0) is 17.9 Å². The predicted molar refractivity (Wildman–Crippen MR) is 79.2 cm³/mol. The van der Waals surface area contributed by atoms with E-state index in [1.807, 2.05) is 29.4 Å². The molecule has 0 saturated carbocycles. The minimum absolute atomic E-state index is 0.0220. The summed E-state index contributed by atoms with van der Waals surface area (Å²) < 4.78 is 7.17. The molecular formula is C15H19N5O2. The van der Waals surface area contributed by atoms with E-state index >= 15 is 0 Å². The number of hydrogen-bond acceptors (Lipinski definition) is 5. The van der Waals surface area contributed by atoms with Gasteiger partial charge in [-0.15, -0.1) is 10.2 Å². The molecule has 2 aromatic rings. The van der Waals surface area contributed by atoms with Crippen molar-refractivity contribution in [3.63, 3.8) is 0 Å². The number of pyridine rings is 1. The third-order valence-corrected chi connectivity index (χ3v) is 3.92. The van der Waals surface area contributed by atoms with Crippen molar-refractivity contribution in [3.05, 3.63) is 41.2 Å². The number of nitrogens with zero attached hydrogens (tertiary/aromatic N) is 5. The zero-order chi connectivity index (χ0) is 15.7. The SMILES string of the molecule is COCc1nnc2n1CCN(C(=O)c1cncc(C)c1)C2C. The normalized spacial score (nSPS) is 17.4. The number of ether oxygens (including phenoxy) is 1. The Morgan fingerprint density at radius 3 is 2.91 bits per heavy atom. The van der Waals surface area contributed by atoms with E-state index < -0.39 is 0 Å². The monoisotopic (exact) mass is 301 g/mol. The van der Waals surface area contributed by atoms with Crippen LogP contribution in [0.15, 0.2) is 18.5 Å². The average molecular weight is 301 g/mol. The van der Waals surface area contributed by atoms with Crippen LogP contribution >= 0.6 is 0 Å². The molecule has 0 aromatic carbocycles. The quantitative estimate of drug-likeness (QED) is 0.855. The first-order valence-corrected chi connectivity index (χ1v) is 7.25. The number of methoxy groups -OCH3 is 1. The first-order valence-electron chi connectivity index (χ1n) is 7.25. The van der Waals surface area contributed by atoms with E-state index in [0.717, 1.165) is 17.2 Å². The van der Waals surface area contributed by atoms with E-state index in [9.17, 15) is 4.79 Å². The first kappa shape index (κ1) is 14.6. The molecule has 7 nitrogen and oxygen atoms in total. The van der Waals surface area contributed by atoms with Crippen LogP contribution in [0.5, 0.6) is 0 Å². The van der Waals surface area contributed by atoms with Crippen molar-refractivity contribution in [2.24, 2.45) is 0 Å². The third kappa shape index (κ3) is 2.48. The Morgan fingerprint density at radius 1 is 1.36 bits per heavy atom. The molecule has 0 aliphatic carbocycles. The zero-order valence-corrected chi connectivity index (χ0v) is 13.0. The third-order valence-electron chi connectivity index (χ3n) is 3.92. The maximum atomic E-state index is 12.7.